The molecule has 0 saturated carbocycles. The topological polar surface area (TPSA) is 38.8 Å². The van der Waals surface area contributed by atoms with Crippen LogP contribution in [0.3, 0.4) is 0 Å². The van der Waals surface area contributed by atoms with Crippen LogP contribution < -0.4 is 4.74 Å². The van der Waals surface area contributed by atoms with Crippen molar-refractivity contribution in [1.82, 2.24) is 4.90 Å². The first-order chi connectivity index (χ1) is 13.2. The molecule has 3 aromatic rings. The van der Waals surface area contributed by atoms with Crippen molar-refractivity contribution in [2.75, 3.05) is 26.3 Å². The molecule has 1 heterocycles. The molecule has 1 aliphatic heterocycles. The van der Waals surface area contributed by atoms with Crippen LogP contribution in [0.1, 0.15) is 15.9 Å². The van der Waals surface area contributed by atoms with E-state index in [4.69, 9.17) is 21.7 Å². The minimum absolute atomic E-state index is 0.385. The largest absolute Gasteiger partial charge is 0.422 e. The molecular weight excluding hydrogens is 358 g/mol. The second kappa shape index (κ2) is 7.86. The fourth-order valence-electron chi connectivity index (χ4n) is 3.23. The predicted molar refractivity (Wildman–Crippen MR) is 109 cm³/mol. The lowest BCUT2D eigenvalue weighted by atomic mass is 10.0. The van der Waals surface area contributed by atoms with Crippen LogP contribution in [0.25, 0.3) is 10.8 Å². The number of hydrogen-bond donors (Lipinski definition) is 0. The molecule has 0 aliphatic carbocycles. The summed E-state index contributed by atoms with van der Waals surface area (Å²) in [6, 6.07) is 20.8. The second-order valence-corrected chi connectivity index (χ2v) is 6.70. The molecule has 1 aliphatic rings. The molecule has 4 nitrogen and oxygen atoms in total. The molecule has 4 rings (SSSR count). The molecule has 0 aromatic heterocycles. The molecule has 0 radical (unpaired) electrons. The number of thiocarbonyl (C=S) groups is 1. The number of esters is 1. The molecule has 1 fully saturated rings. The van der Waals surface area contributed by atoms with Gasteiger partial charge < -0.3 is 14.4 Å². The lowest BCUT2D eigenvalue weighted by molar-refractivity contribution is 0.0687. The van der Waals surface area contributed by atoms with Crippen LogP contribution in [0.2, 0.25) is 0 Å². The summed E-state index contributed by atoms with van der Waals surface area (Å²) in [6.07, 6.45) is 0. The van der Waals surface area contributed by atoms with Crippen molar-refractivity contribution in [1.29, 1.82) is 0 Å². The van der Waals surface area contributed by atoms with E-state index < -0.39 is 0 Å². The lowest BCUT2D eigenvalue weighted by Crippen LogP contribution is -2.40. The average molecular weight is 377 g/mol. The second-order valence-electron chi connectivity index (χ2n) is 6.32. The van der Waals surface area contributed by atoms with E-state index in [9.17, 15) is 4.79 Å². The van der Waals surface area contributed by atoms with Gasteiger partial charge >= 0.3 is 5.97 Å². The van der Waals surface area contributed by atoms with Gasteiger partial charge in [-0.05, 0) is 29.0 Å². The minimum atomic E-state index is -0.385. The number of rotatable bonds is 3. The molecule has 27 heavy (non-hydrogen) atoms. The molecule has 5 heteroatoms. The first kappa shape index (κ1) is 17.6. The van der Waals surface area contributed by atoms with E-state index in [0.717, 1.165) is 29.4 Å². The van der Waals surface area contributed by atoms with E-state index in [-0.39, 0.29) is 5.97 Å². The van der Waals surface area contributed by atoms with E-state index in [1.54, 1.807) is 12.1 Å². The number of nitrogens with zero attached hydrogens (tertiary/aromatic N) is 1. The summed E-state index contributed by atoms with van der Waals surface area (Å²) < 4.78 is 11.2. The van der Waals surface area contributed by atoms with E-state index in [1.807, 2.05) is 54.6 Å². The maximum Gasteiger partial charge on any atom is 0.344 e. The number of ether oxygens (including phenoxy) is 2. The number of carbonyl (C=O) groups is 1. The summed E-state index contributed by atoms with van der Waals surface area (Å²) in [5.74, 6) is 0.0935. The molecule has 0 atom stereocenters. The zero-order valence-corrected chi connectivity index (χ0v) is 15.6. The predicted octanol–water partition coefficient (Wildman–Crippen LogP) is 4.07. The van der Waals surface area contributed by atoms with Gasteiger partial charge in [0, 0.05) is 13.1 Å². The van der Waals surface area contributed by atoms with Gasteiger partial charge in [0.15, 0.2) is 0 Å². The van der Waals surface area contributed by atoms with Crippen LogP contribution in [-0.4, -0.2) is 42.2 Å². The SMILES string of the molecule is O=C(Oc1ccccc1C(=S)N1CCOCC1)c1cccc2ccccc12. The Morgan fingerprint density at radius 1 is 0.889 bits per heavy atom. The van der Waals surface area contributed by atoms with Crippen LogP contribution in [-0.2, 0) is 4.74 Å². The first-order valence-electron chi connectivity index (χ1n) is 8.90. The number of benzene rings is 3. The highest BCUT2D eigenvalue weighted by atomic mass is 32.1. The van der Waals surface area contributed by atoms with Gasteiger partial charge in [0.2, 0.25) is 0 Å². The van der Waals surface area contributed by atoms with Crippen molar-refractivity contribution in [2.24, 2.45) is 0 Å². The summed E-state index contributed by atoms with van der Waals surface area (Å²) in [6.45, 7) is 2.78. The Morgan fingerprint density at radius 2 is 1.56 bits per heavy atom. The Labute approximate surface area is 163 Å². The van der Waals surface area contributed by atoms with Crippen molar-refractivity contribution in [3.05, 3.63) is 77.9 Å². The van der Waals surface area contributed by atoms with E-state index in [2.05, 4.69) is 4.90 Å². The zero-order chi connectivity index (χ0) is 18.6. The average Bonchev–Trinajstić information content (AvgIpc) is 2.74. The fraction of sp³-hybridized carbons (Fsp3) is 0.182. The van der Waals surface area contributed by atoms with E-state index >= 15 is 0 Å². The van der Waals surface area contributed by atoms with Gasteiger partial charge in [-0.3, -0.25) is 0 Å². The first-order valence-corrected chi connectivity index (χ1v) is 9.31. The Kier molecular flexibility index (Phi) is 5.14. The van der Waals surface area contributed by atoms with Crippen LogP contribution in [0.15, 0.2) is 66.7 Å². The van der Waals surface area contributed by atoms with Gasteiger partial charge in [-0.25, -0.2) is 4.79 Å². The molecule has 0 unspecified atom stereocenters. The van der Waals surface area contributed by atoms with Gasteiger partial charge in [0.25, 0.3) is 0 Å². The maximum atomic E-state index is 12.9. The van der Waals surface area contributed by atoms with Crippen LogP contribution >= 0.6 is 12.2 Å². The summed E-state index contributed by atoms with van der Waals surface area (Å²) in [7, 11) is 0. The zero-order valence-electron chi connectivity index (χ0n) is 14.8. The number of para-hydroxylation sites is 1. The summed E-state index contributed by atoms with van der Waals surface area (Å²) in [5, 5.41) is 1.88. The third kappa shape index (κ3) is 3.70. The van der Waals surface area contributed by atoms with E-state index in [1.165, 1.54) is 0 Å². The standard InChI is InChI=1S/C22H19NO3S/c24-22(18-10-5-7-16-6-1-2-8-17(16)18)26-20-11-4-3-9-19(20)21(27)23-12-14-25-15-13-23/h1-11H,12-15H2. The van der Waals surface area contributed by atoms with Gasteiger partial charge in [0.1, 0.15) is 10.7 Å². The smallest absolute Gasteiger partial charge is 0.344 e. The fourth-order valence-corrected chi connectivity index (χ4v) is 3.58. The lowest BCUT2D eigenvalue weighted by Gasteiger charge is -2.29. The molecule has 0 bridgehead atoms. The maximum absolute atomic E-state index is 12.9. The normalized spacial score (nSPS) is 14.1. The van der Waals surface area contributed by atoms with Gasteiger partial charge in [0.05, 0.1) is 24.3 Å². The number of hydrogen-bond acceptors (Lipinski definition) is 4. The Hall–Kier alpha value is -2.76. The van der Waals surface area contributed by atoms with Crippen LogP contribution in [0.5, 0.6) is 5.75 Å². The number of fused-ring (bicyclic) bond motifs is 1. The monoisotopic (exact) mass is 377 g/mol. The Bertz CT molecular complexity index is 990. The minimum Gasteiger partial charge on any atom is -0.422 e. The highest BCUT2D eigenvalue weighted by molar-refractivity contribution is 7.80. The molecule has 136 valence electrons. The van der Waals surface area contributed by atoms with Crippen molar-refractivity contribution in [3.8, 4) is 5.75 Å². The molecule has 0 amide bonds. The molecule has 0 spiro atoms. The molecular formula is C22H19NO3S. The van der Waals surface area contributed by atoms with Crippen molar-refractivity contribution >= 4 is 33.9 Å². The third-order valence-electron chi connectivity index (χ3n) is 4.63. The van der Waals surface area contributed by atoms with Crippen molar-refractivity contribution < 1.29 is 14.3 Å². The molecule has 1 saturated heterocycles. The summed E-state index contributed by atoms with van der Waals surface area (Å²) in [5.41, 5.74) is 1.29. The van der Waals surface area contributed by atoms with Gasteiger partial charge in [-0.15, -0.1) is 0 Å². The van der Waals surface area contributed by atoms with Crippen LogP contribution in [0.4, 0.5) is 0 Å². The van der Waals surface area contributed by atoms with E-state index in [0.29, 0.717) is 29.5 Å². The number of morpholine rings is 1. The Morgan fingerprint density at radius 3 is 2.41 bits per heavy atom. The van der Waals surface area contributed by atoms with Crippen LogP contribution in [0, 0.1) is 0 Å². The summed E-state index contributed by atoms with van der Waals surface area (Å²) in [4.78, 5) is 15.6. The highest BCUT2D eigenvalue weighted by Crippen LogP contribution is 2.25. The van der Waals surface area contributed by atoms with Gasteiger partial charge in [-0.2, -0.15) is 0 Å². The number of carbonyl (C=O) groups excluding carboxylic acids is 1. The van der Waals surface area contributed by atoms with Crippen molar-refractivity contribution in [2.45, 2.75) is 0 Å². The quantitative estimate of drug-likeness (QED) is 0.391. The van der Waals surface area contributed by atoms with Gasteiger partial charge in [-0.1, -0.05) is 60.7 Å². The van der Waals surface area contributed by atoms with Crippen molar-refractivity contribution in [3.63, 3.8) is 0 Å². The Balaban J connectivity index is 1.63. The highest BCUT2D eigenvalue weighted by Gasteiger charge is 2.20. The molecule has 0 N–H and O–H groups in total. The summed E-state index contributed by atoms with van der Waals surface area (Å²) >= 11 is 5.65. The molecule has 3 aromatic carbocycles. The third-order valence-corrected chi connectivity index (χ3v) is 5.11.